The molecule has 0 amide bonds. The van der Waals surface area contributed by atoms with Crippen LogP contribution in [0.25, 0.3) is 0 Å². The Kier molecular flexibility index (Phi) is 7.32. The number of nitrogens with two attached hydrogens (primary N) is 1. The molecule has 0 atom stereocenters. The molecule has 0 fully saturated rings. The lowest BCUT2D eigenvalue weighted by molar-refractivity contribution is 0.523. The maximum absolute atomic E-state index is 6.03. The van der Waals surface area contributed by atoms with E-state index < -0.39 is 0 Å². The molecule has 1 heterocycles. The maximum atomic E-state index is 6.03. The highest BCUT2D eigenvalue weighted by atomic mass is 35.5. The van der Waals surface area contributed by atoms with Gasteiger partial charge < -0.3 is 11.1 Å². The molecule has 0 saturated carbocycles. The van der Waals surface area contributed by atoms with Gasteiger partial charge in [0.2, 0.25) is 0 Å². The number of unbranched alkanes of at least 4 members (excludes halogenated alkanes) is 3. The van der Waals surface area contributed by atoms with Crippen LogP contribution in [0.4, 0.5) is 11.6 Å². The van der Waals surface area contributed by atoms with Crippen molar-refractivity contribution in [2.75, 3.05) is 17.6 Å². The van der Waals surface area contributed by atoms with E-state index >= 15 is 0 Å². The van der Waals surface area contributed by atoms with E-state index in [2.05, 4.69) is 24.1 Å². The molecule has 19 heavy (non-hydrogen) atoms. The molecule has 3 N–H and O–H groups in total. The van der Waals surface area contributed by atoms with E-state index in [1.54, 1.807) is 6.07 Å². The number of aromatic nitrogens is 1. The van der Waals surface area contributed by atoms with Gasteiger partial charge in [-0.05, 0) is 18.4 Å². The van der Waals surface area contributed by atoms with Gasteiger partial charge in [0, 0.05) is 6.54 Å². The Balaban J connectivity index is 2.21. The first-order valence-corrected chi connectivity index (χ1v) is 7.61. The van der Waals surface area contributed by atoms with Crippen LogP contribution in [0.15, 0.2) is 6.07 Å². The Morgan fingerprint density at radius 1 is 1.16 bits per heavy atom. The van der Waals surface area contributed by atoms with Gasteiger partial charge in [-0.2, -0.15) is 0 Å². The monoisotopic (exact) mass is 303 g/mol. The van der Waals surface area contributed by atoms with E-state index in [-0.39, 0.29) is 0 Å². The molecule has 0 unspecified atom stereocenters. The highest BCUT2D eigenvalue weighted by molar-refractivity contribution is 6.37. The minimum absolute atomic E-state index is 0.311. The third-order valence-corrected chi connectivity index (χ3v) is 3.55. The zero-order valence-corrected chi connectivity index (χ0v) is 13.2. The minimum atomic E-state index is 0.311. The summed E-state index contributed by atoms with van der Waals surface area (Å²) in [5, 5.41) is 4.10. The summed E-state index contributed by atoms with van der Waals surface area (Å²) in [6.07, 6.45) is 6.24. The quantitative estimate of drug-likeness (QED) is 0.665. The van der Waals surface area contributed by atoms with E-state index in [0.717, 1.165) is 18.9 Å². The first-order chi connectivity index (χ1) is 9.00. The van der Waals surface area contributed by atoms with Crippen molar-refractivity contribution in [3.63, 3.8) is 0 Å². The van der Waals surface area contributed by atoms with Gasteiger partial charge in [0.15, 0.2) is 0 Å². The van der Waals surface area contributed by atoms with Crippen molar-refractivity contribution in [3.05, 3.63) is 16.1 Å². The SMILES string of the molecule is CC(C)CCCCCCNc1nc(N)c(Cl)cc1Cl. The van der Waals surface area contributed by atoms with Gasteiger partial charge in [-0.3, -0.25) is 0 Å². The number of hydrogen-bond acceptors (Lipinski definition) is 3. The zero-order chi connectivity index (χ0) is 14.3. The Morgan fingerprint density at radius 2 is 1.84 bits per heavy atom. The molecule has 1 aromatic heterocycles. The number of halogens is 2. The Morgan fingerprint density at radius 3 is 2.53 bits per heavy atom. The van der Waals surface area contributed by atoms with Crippen molar-refractivity contribution in [2.45, 2.75) is 46.0 Å². The van der Waals surface area contributed by atoms with Crippen LogP contribution in [0.2, 0.25) is 10.0 Å². The summed E-state index contributed by atoms with van der Waals surface area (Å²) in [6, 6.07) is 1.62. The highest BCUT2D eigenvalue weighted by Gasteiger charge is 2.06. The molecule has 3 nitrogen and oxygen atoms in total. The Hall–Kier alpha value is -0.670. The lowest BCUT2D eigenvalue weighted by Crippen LogP contribution is -2.05. The first kappa shape index (κ1) is 16.4. The van der Waals surface area contributed by atoms with Crippen LogP contribution in [0.3, 0.4) is 0 Å². The fourth-order valence-electron chi connectivity index (χ4n) is 1.84. The smallest absolute Gasteiger partial charge is 0.147 e. The lowest BCUT2D eigenvalue weighted by atomic mass is 10.0. The summed E-state index contributed by atoms with van der Waals surface area (Å²) in [5.41, 5.74) is 5.65. The number of anilines is 2. The average Bonchev–Trinajstić information content (AvgIpc) is 2.33. The summed E-state index contributed by atoms with van der Waals surface area (Å²) in [6.45, 7) is 5.38. The van der Waals surface area contributed by atoms with Gasteiger partial charge >= 0.3 is 0 Å². The standard InChI is InChI=1S/C14H23Cl2N3/c1-10(2)7-5-3-4-6-8-18-14-12(16)9-11(15)13(17)19-14/h9-10H,3-8H2,1-2H3,(H3,17,18,19). The highest BCUT2D eigenvalue weighted by Crippen LogP contribution is 2.27. The van der Waals surface area contributed by atoms with Gasteiger partial charge in [-0.1, -0.05) is 62.7 Å². The van der Waals surface area contributed by atoms with Crippen LogP contribution in [0, 0.1) is 5.92 Å². The van der Waals surface area contributed by atoms with Gasteiger partial charge in [0.25, 0.3) is 0 Å². The van der Waals surface area contributed by atoms with Crippen molar-refractivity contribution >= 4 is 34.8 Å². The van der Waals surface area contributed by atoms with Crippen molar-refractivity contribution in [2.24, 2.45) is 5.92 Å². The summed E-state index contributed by atoms with van der Waals surface area (Å²) >= 11 is 11.9. The summed E-state index contributed by atoms with van der Waals surface area (Å²) in [4.78, 5) is 4.13. The number of hydrogen-bond donors (Lipinski definition) is 2. The number of pyridine rings is 1. The van der Waals surface area contributed by atoms with Crippen molar-refractivity contribution in [1.29, 1.82) is 0 Å². The molecule has 0 aliphatic heterocycles. The van der Waals surface area contributed by atoms with Gasteiger partial charge in [-0.15, -0.1) is 0 Å². The van der Waals surface area contributed by atoms with Gasteiger partial charge in [-0.25, -0.2) is 4.98 Å². The molecule has 0 bridgehead atoms. The number of nitrogen functional groups attached to an aromatic ring is 1. The van der Waals surface area contributed by atoms with Gasteiger partial charge in [0.1, 0.15) is 11.6 Å². The summed E-state index contributed by atoms with van der Waals surface area (Å²) in [7, 11) is 0. The third kappa shape index (κ3) is 6.35. The molecule has 0 aromatic carbocycles. The van der Waals surface area contributed by atoms with Crippen molar-refractivity contribution < 1.29 is 0 Å². The molecule has 108 valence electrons. The molecule has 0 radical (unpaired) electrons. The number of nitrogens with one attached hydrogen (secondary N) is 1. The fourth-order valence-corrected chi connectivity index (χ4v) is 2.27. The predicted molar refractivity (Wildman–Crippen MR) is 85.1 cm³/mol. The molecule has 5 heteroatoms. The molecule has 0 spiro atoms. The zero-order valence-electron chi connectivity index (χ0n) is 11.7. The lowest BCUT2D eigenvalue weighted by Gasteiger charge is -2.09. The molecule has 0 aliphatic rings. The molecule has 1 aromatic rings. The molecule has 0 saturated heterocycles. The second-order valence-electron chi connectivity index (χ2n) is 5.21. The topological polar surface area (TPSA) is 50.9 Å². The molecule has 0 aliphatic carbocycles. The normalized spacial score (nSPS) is 11.0. The largest absolute Gasteiger partial charge is 0.382 e. The fraction of sp³-hybridized carbons (Fsp3) is 0.643. The average molecular weight is 304 g/mol. The second-order valence-corrected chi connectivity index (χ2v) is 6.02. The van der Waals surface area contributed by atoms with Crippen LogP contribution >= 0.6 is 23.2 Å². The number of nitrogens with zero attached hydrogens (tertiary/aromatic N) is 1. The van der Waals surface area contributed by atoms with Crippen LogP contribution in [0.1, 0.15) is 46.0 Å². The van der Waals surface area contributed by atoms with Crippen LogP contribution in [-0.2, 0) is 0 Å². The maximum Gasteiger partial charge on any atom is 0.147 e. The molecular weight excluding hydrogens is 281 g/mol. The minimum Gasteiger partial charge on any atom is -0.382 e. The van der Waals surface area contributed by atoms with Crippen LogP contribution < -0.4 is 11.1 Å². The van der Waals surface area contributed by atoms with E-state index in [1.807, 2.05) is 0 Å². The first-order valence-electron chi connectivity index (χ1n) is 6.86. The predicted octanol–water partition coefficient (Wildman–Crippen LogP) is 4.99. The van der Waals surface area contributed by atoms with Crippen molar-refractivity contribution in [1.82, 2.24) is 4.98 Å². The van der Waals surface area contributed by atoms with E-state index in [9.17, 15) is 0 Å². The molecular formula is C14H23Cl2N3. The van der Waals surface area contributed by atoms with Gasteiger partial charge in [0.05, 0.1) is 10.0 Å². The van der Waals surface area contributed by atoms with Crippen LogP contribution in [0.5, 0.6) is 0 Å². The van der Waals surface area contributed by atoms with E-state index in [0.29, 0.717) is 21.7 Å². The van der Waals surface area contributed by atoms with Crippen molar-refractivity contribution in [3.8, 4) is 0 Å². The van der Waals surface area contributed by atoms with E-state index in [4.69, 9.17) is 28.9 Å². The van der Waals surface area contributed by atoms with E-state index in [1.165, 1.54) is 25.7 Å². The molecule has 1 rings (SSSR count). The third-order valence-electron chi connectivity index (χ3n) is 2.96. The summed E-state index contributed by atoms with van der Waals surface area (Å²) in [5.74, 6) is 1.73. The Bertz CT molecular complexity index is 395. The second kappa shape index (κ2) is 8.49. The number of rotatable bonds is 8. The summed E-state index contributed by atoms with van der Waals surface area (Å²) < 4.78 is 0. The Labute approximate surface area is 125 Å². The van der Waals surface area contributed by atoms with Crippen LogP contribution in [-0.4, -0.2) is 11.5 Å².